The molecule has 1 aliphatic heterocycles. The Bertz CT molecular complexity index is 3090. The fourth-order valence-corrected chi connectivity index (χ4v) is 8.21. The lowest BCUT2D eigenvalue weighted by atomic mass is 10.0. The molecule has 0 radical (unpaired) electrons. The van der Waals surface area contributed by atoms with Crippen molar-refractivity contribution in [3.63, 3.8) is 0 Å². The van der Waals surface area contributed by atoms with Crippen molar-refractivity contribution in [3.8, 4) is 34.8 Å². The zero-order valence-corrected chi connectivity index (χ0v) is 43.1. The molecule has 0 bridgehead atoms. The number of amides is 3. The quantitative estimate of drug-likeness (QED) is 0.0649. The fraction of sp³-hybridized carbons (Fsp3) is 0.259. The Hall–Kier alpha value is -9.07. The molecule has 3 N–H and O–H groups in total. The van der Waals surface area contributed by atoms with E-state index in [1.54, 1.807) is 78.9 Å². The van der Waals surface area contributed by atoms with Crippen molar-refractivity contribution in [3.05, 3.63) is 166 Å². The second-order valence-electron chi connectivity index (χ2n) is 17.8. The maximum atomic E-state index is 13.1. The number of nitrogens with one attached hydrogen (secondary N) is 3. The largest absolute Gasteiger partial charge is 0.464 e. The second-order valence-corrected chi connectivity index (χ2v) is 17.8. The second kappa shape index (κ2) is 26.2. The molecular weight excluding hydrogens is 967 g/mol. The van der Waals surface area contributed by atoms with Crippen molar-refractivity contribution in [2.75, 3.05) is 76.5 Å². The number of carbonyl (C=O) groups excluding carboxylic acids is 6. The molecule has 0 atom stereocenters. The summed E-state index contributed by atoms with van der Waals surface area (Å²) in [6.07, 6.45) is 0. The van der Waals surface area contributed by atoms with E-state index in [0.717, 1.165) is 11.1 Å². The number of pyridine rings is 3. The molecule has 18 nitrogen and oxygen atoms in total. The van der Waals surface area contributed by atoms with Gasteiger partial charge < -0.3 is 30.2 Å². The van der Waals surface area contributed by atoms with Crippen LogP contribution < -0.4 is 16.0 Å². The van der Waals surface area contributed by atoms with E-state index < -0.39 is 17.9 Å². The summed E-state index contributed by atoms with van der Waals surface area (Å²) < 4.78 is 15.3. The topological polar surface area (TPSA) is 215 Å². The van der Waals surface area contributed by atoms with Crippen molar-refractivity contribution in [1.29, 1.82) is 0 Å². The first kappa shape index (κ1) is 54.7. The molecule has 18 heteroatoms. The number of ether oxygens (including phenoxy) is 3. The number of anilines is 3. The summed E-state index contributed by atoms with van der Waals surface area (Å²) in [5.41, 5.74) is 8.13. The first-order chi connectivity index (χ1) is 36.6. The Morgan fingerprint density at radius 1 is 0.408 bits per heavy atom. The predicted molar refractivity (Wildman–Crippen MR) is 286 cm³/mol. The highest BCUT2D eigenvalue weighted by molar-refractivity contribution is 5.91. The zero-order chi connectivity index (χ0) is 54.1. The van der Waals surface area contributed by atoms with E-state index in [-0.39, 0.29) is 34.8 Å². The Kier molecular flexibility index (Phi) is 18.9. The molecule has 388 valence electrons. The van der Waals surface area contributed by atoms with Crippen LogP contribution in [0.2, 0.25) is 0 Å². The maximum absolute atomic E-state index is 13.1. The normalized spacial score (nSPS) is 12.9. The minimum absolute atomic E-state index is 0.104. The molecule has 6 aromatic rings. The van der Waals surface area contributed by atoms with Gasteiger partial charge in [-0.05, 0) is 108 Å². The van der Waals surface area contributed by atoms with Crippen LogP contribution in [-0.2, 0) is 48.2 Å². The number of benzene rings is 3. The third kappa shape index (κ3) is 16.2. The van der Waals surface area contributed by atoms with Gasteiger partial charge in [0, 0.05) is 119 Å². The highest BCUT2D eigenvalue weighted by Crippen LogP contribution is 2.25. The van der Waals surface area contributed by atoms with Gasteiger partial charge in [0.25, 0.3) is 0 Å². The van der Waals surface area contributed by atoms with E-state index >= 15 is 0 Å². The summed E-state index contributed by atoms with van der Waals surface area (Å²) in [6.45, 7) is 8.73. The lowest BCUT2D eigenvalue weighted by Crippen LogP contribution is -2.36. The molecular formula is C58H57N9O9. The van der Waals surface area contributed by atoms with E-state index in [2.05, 4.69) is 54.3 Å². The molecule has 1 fully saturated rings. The highest BCUT2D eigenvalue weighted by Gasteiger charge is 2.22. The van der Waals surface area contributed by atoms with Gasteiger partial charge in [0.1, 0.15) is 17.1 Å². The average Bonchev–Trinajstić information content (AvgIpc) is 3.49. The molecule has 0 saturated carbocycles. The Balaban J connectivity index is 1.21. The Labute approximate surface area is 441 Å². The van der Waals surface area contributed by atoms with Gasteiger partial charge >= 0.3 is 17.9 Å². The van der Waals surface area contributed by atoms with E-state index in [1.165, 1.54) is 42.1 Å². The van der Waals surface area contributed by atoms with Gasteiger partial charge in [0.05, 0.1) is 38.4 Å². The van der Waals surface area contributed by atoms with Crippen LogP contribution in [0.1, 0.15) is 91.6 Å². The zero-order valence-electron chi connectivity index (χ0n) is 43.1. The lowest BCUT2D eigenvalue weighted by molar-refractivity contribution is -0.115. The smallest absolute Gasteiger partial charge is 0.356 e. The van der Waals surface area contributed by atoms with Crippen LogP contribution in [0, 0.1) is 23.7 Å². The van der Waals surface area contributed by atoms with Gasteiger partial charge in [-0.25, -0.2) is 29.3 Å². The van der Waals surface area contributed by atoms with E-state index in [0.29, 0.717) is 115 Å². The minimum Gasteiger partial charge on any atom is -0.464 e. The van der Waals surface area contributed by atoms with Gasteiger partial charge in [-0.1, -0.05) is 35.8 Å². The lowest BCUT2D eigenvalue weighted by Gasteiger charge is -2.26. The van der Waals surface area contributed by atoms with Crippen LogP contribution in [0.25, 0.3) is 11.1 Å². The molecule has 1 saturated heterocycles. The number of methoxy groups -OCH3 is 3. The molecule has 0 unspecified atom stereocenters. The molecule has 3 amide bonds. The van der Waals surface area contributed by atoms with Crippen LogP contribution in [-0.4, -0.2) is 126 Å². The maximum Gasteiger partial charge on any atom is 0.356 e. The SMILES string of the molecule is COC(=O)c1cc(C#Cc2ccc(NC(C)=O)cc2)cc(CN2CCN(Cc3cc(C#Cc4ccc(NC(C)=O)cc4)cc(C(=O)OC)n3)CCN(Cc3cc(-c4ccc(NC(C)=O)cc4)cc(C(=O)OC)n3)CC2)n1. The molecule has 76 heavy (non-hydrogen) atoms. The summed E-state index contributed by atoms with van der Waals surface area (Å²) in [5, 5.41) is 8.28. The van der Waals surface area contributed by atoms with Crippen molar-refractivity contribution >= 4 is 52.7 Å². The van der Waals surface area contributed by atoms with Crippen LogP contribution in [0.5, 0.6) is 0 Å². The fourth-order valence-electron chi connectivity index (χ4n) is 8.21. The number of esters is 3. The number of rotatable bonds is 13. The number of aromatic nitrogens is 3. The van der Waals surface area contributed by atoms with Gasteiger partial charge in [0.2, 0.25) is 17.7 Å². The van der Waals surface area contributed by atoms with Gasteiger partial charge in [-0.2, -0.15) is 0 Å². The van der Waals surface area contributed by atoms with Crippen molar-refractivity contribution < 1.29 is 43.0 Å². The highest BCUT2D eigenvalue weighted by atomic mass is 16.5. The summed E-state index contributed by atoms with van der Waals surface area (Å²) in [4.78, 5) is 94.8. The standard InChI is InChI=1S/C58H57N9O9/c1-38(68)59-47-17-11-41(12-18-47)7-9-43-29-50(62-53(31-43)56(71)74-4)35-65-23-24-66(36-51-30-44(32-54(63-51)57(72)75-5)10-8-42-13-19-48(20-14-42)60-39(2)69)26-28-67(27-25-65)37-52-33-46(34-55(64-52)58(73)76-6)45-15-21-49(22-16-45)61-40(3)70/h11-22,29-34H,23-28,35-37H2,1-6H3,(H,59,68)(H,60,69)(H,61,70). The minimum atomic E-state index is -0.610. The monoisotopic (exact) mass is 1020 g/mol. The van der Waals surface area contributed by atoms with Gasteiger partial charge in [-0.3, -0.25) is 29.1 Å². The molecule has 7 rings (SSSR count). The predicted octanol–water partition coefficient (Wildman–Crippen LogP) is 6.39. The van der Waals surface area contributed by atoms with E-state index in [9.17, 15) is 28.8 Å². The van der Waals surface area contributed by atoms with E-state index in [4.69, 9.17) is 29.2 Å². The number of hydrogen-bond acceptors (Lipinski definition) is 15. The van der Waals surface area contributed by atoms with Crippen LogP contribution in [0.4, 0.5) is 17.1 Å². The number of carbonyl (C=O) groups is 6. The Morgan fingerprint density at radius 3 is 1.04 bits per heavy atom. The first-order valence-electron chi connectivity index (χ1n) is 24.2. The van der Waals surface area contributed by atoms with Crippen LogP contribution >= 0.6 is 0 Å². The molecule has 4 heterocycles. The molecule has 1 aliphatic rings. The third-order valence-electron chi connectivity index (χ3n) is 11.8. The van der Waals surface area contributed by atoms with Gasteiger partial charge in [0.15, 0.2) is 0 Å². The van der Waals surface area contributed by atoms with Crippen LogP contribution in [0.3, 0.4) is 0 Å². The molecule has 0 spiro atoms. The van der Waals surface area contributed by atoms with Crippen molar-refractivity contribution in [2.45, 2.75) is 40.4 Å². The van der Waals surface area contributed by atoms with Crippen molar-refractivity contribution in [1.82, 2.24) is 29.7 Å². The Morgan fingerprint density at radius 2 is 0.711 bits per heavy atom. The first-order valence-corrected chi connectivity index (χ1v) is 24.2. The summed E-state index contributed by atoms with van der Waals surface area (Å²) in [7, 11) is 3.91. The third-order valence-corrected chi connectivity index (χ3v) is 11.8. The molecule has 3 aromatic carbocycles. The summed E-state index contributed by atoms with van der Waals surface area (Å²) in [6, 6.07) is 32.0. The molecule has 3 aromatic heterocycles. The summed E-state index contributed by atoms with van der Waals surface area (Å²) >= 11 is 0. The number of nitrogens with zero attached hydrogens (tertiary/aromatic N) is 6. The van der Waals surface area contributed by atoms with Gasteiger partial charge in [-0.15, -0.1) is 0 Å². The average molecular weight is 1020 g/mol. The van der Waals surface area contributed by atoms with E-state index in [1.807, 2.05) is 30.3 Å². The molecule has 0 aliphatic carbocycles. The van der Waals surface area contributed by atoms with Crippen LogP contribution in [0.15, 0.2) is 109 Å². The van der Waals surface area contributed by atoms with Crippen molar-refractivity contribution in [2.24, 2.45) is 0 Å². The number of hydrogen-bond donors (Lipinski definition) is 3. The summed E-state index contributed by atoms with van der Waals surface area (Å²) in [5.74, 6) is 10.3.